The summed E-state index contributed by atoms with van der Waals surface area (Å²) >= 11 is 0. The molecule has 0 fully saturated rings. The molecule has 0 bridgehead atoms. The Morgan fingerprint density at radius 1 is 1.06 bits per heavy atom. The summed E-state index contributed by atoms with van der Waals surface area (Å²) in [4.78, 5) is 27.5. The molecule has 0 aliphatic rings. The van der Waals surface area contributed by atoms with Gasteiger partial charge in [0.15, 0.2) is 6.61 Å². The van der Waals surface area contributed by atoms with Crippen LogP contribution in [0.2, 0.25) is 0 Å². The van der Waals surface area contributed by atoms with Gasteiger partial charge in [-0.15, -0.1) is 0 Å². The predicted octanol–water partition coefficient (Wildman–Crippen LogP) is 6.15. The number of halogens is 3. The fourth-order valence-electron chi connectivity index (χ4n) is 3.48. The molecule has 10 heteroatoms. The number of nitrogens with zero attached hydrogens (tertiary/aromatic N) is 2. The zero-order chi connectivity index (χ0) is 25.2. The van der Waals surface area contributed by atoms with E-state index >= 15 is 0 Å². The smallest absolute Gasteiger partial charge is 0.416 e. The molecule has 0 spiro atoms. The van der Waals surface area contributed by atoms with Crippen molar-refractivity contribution >= 4 is 28.2 Å². The lowest BCUT2D eigenvalue weighted by atomic mass is 10.0. The summed E-state index contributed by atoms with van der Waals surface area (Å²) in [6.07, 6.45) is -4.45. The van der Waals surface area contributed by atoms with Gasteiger partial charge in [-0.1, -0.05) is 12.1 Å². The summed E-state index contributed by atoms with van der Waals surface area (Å²) in [6, 6.07) is 17.2. The quantitative estimate of drug-likeness (QED) is 0.263. The van der Waals surface area contributed by atoms with E-state index in [0.717, 1.165) is 35.2 Å². The first-order valence-corrected chi connectivity index (χ1v) is 10.4. The third-order valence-electron chi connectivity index (χ3n) is 5.20. The fraction of sp³-hybridized carbons (Fsp3) is 0.120. The number of pyridine rings is 1. The number of benzene rings is 3. The minimum absolute atomic E-state index is 0.0291. The first kappa shape index (κ1) is 23.7. The van der Waals surface area contributed by atoms with Crippen LogP contribution < -0.4 is 10.1 Å². The number of rotatable bonds is 6. The van der Waals surface area contributed by atoms with Gasteiger partial charge < -0.3 is 10.1 Å². The number of nitrogens with one attached hydrogen (secondary N) is 1. The first-order chi connectivity index (χ1) is 16.6. The maximum Gasteiger partial charge on any atom is 0.416 e. The van der Waals surface area contributed by atoms with E-state index < -0.39 is 22.6 Å². The zero-order valence-electron chi connectivity index (χ0n) is 18.3. The fourth-order valence-corrected chi connectivity index (χ4v) is 3.48. The van der Waals surface area contributed by atoms with E-state index in [0.29, 0.717) is 22.5 Å². The molecular weight excluding hydrogens is 463 g/mol. The number of non-ortho nitro benzene ring substituents is 1. The van der Waals surface area contributed by atoms with Gasteiger partial charge in [-0.3, -0.25) is 14.9 Å². The molecular formula is C25H18F3N3O4. The second kappa shape index (κ2) is 9.41. The summed E-state index contributed by atoms with van der Waals surface area (Å²) < 4.78 is 43.2. The molecule has 0 aliphatic heterocycles. The Kier molecular flexibility index (Phi) is 6.37. The number of nitro benzene ring substituents is 1. The summed E-state index contributed by atoms with van der Waals surface area (Å²) in [5.74, 6) is -0.344. The van der Waals surface area contributed by atoms with Crippen molar-refractivity contribution in [2.24, 2.45) is 0 Å². The molecule has 0 saturated heterocycles. The molecule has 0 aliphatic carbocycles. The van der Waals surface area contributed by atoms with Crippen molar-refractivity contribution in [2.45, 2.75) is 13.1 Å². The number of aryl methyl sites for hydroxylation is 1. The number of aromatic nitrogens is 1. The van der Waals surface area contributed by atoms with Crippen LogP contribution in [0.15, 0.2) is 72.8 Å². The van der Waals surface area contributed by atoms with Gasteiger partial charge in [0.2, 0.25) is 0 Å². The molecule has 0 atom stereocenters. The molecule has 0 unspecified atom stereocenters. The number of amides is 1. The van der Waals surface area contributed by atoms with Gasteiger partial charge in [0.1, 0.15) is 5.75 Å². The van der Waals surface area contributed by atoms with Crippen molar-refractivity contribution in [3.63, 3.8) is 0 Å². The Morgan fingerprint density at radius 2 is 1.80 bits per heavy atom. The molecule has 178 valence electrons. The van der Waals surface area contributed by atoms with Crippen molar-refractivity contribution in [2.75, 3.05) is 11.9 Å². The highest BCUT2D eigenvalue weighted by Gasteiger charge is 2.30. The van der Waals surface area contributed by atoms with E-state index in [1.165, 1.54) is 12.1 Å². The predicted molar refractivity (Wildman–Crippen MR) is 124 cm³/mol. The monoisotopic (exact) mass is 481 g/mol. The topological polar surface area (TPSA) is 94.4 Å². The van der Waals surface area contributed by atoms with Gasteiger partial charge >= 0.3 is 6.18 Å². The Bertz CT molecular complexity index is 1420. The van der Waals surface area contributed by atoms with Crippen molar-refractivity contribution in [3.8, 4) is 17.0 Å². The number of hydrogen-bond acceptors (Lipinski definition) is 5. The highest BCUT2D eigenvalue weighted by molar-refractivity contribution is 5.95. The molecule has 1 heterocycles. The van der Waals surface area contributed by atoms with E-state index in [1.807, 2.05) is 6.92 Å². The van der Waals surface area contributed by atoms with Gasteiger partial charge in [-0.25, -0.2) is 4.98 Å². The molecule has 4 aromatic rings. The number of hydrogen-bond donors (Lipinski definition) is 1. The maximum atomic E-state index is 12.6. The lowest BCUT2D eigenvalue weighted by molar-refractivity contribution is -0.384. The second-order valence-electron chi connectivity index (χ2n) is 7.72. The number of fused-ring (bicyclic) bond motifs is 1. The number of alkyl halides is 3. The lowest BCUT2D eigenvalue weighted by Crippen LogP contribution is -2.20. The van der Waals surface area contributed by atoms with E-state index in [9.17, 15) is 28.1 Å². The average Bonchev–Trinajstić information content (AvgIpc) is 2.83. The SMILES string of the molecule is Cc1cc(-c2cccc([N+](=O)[O-])c2)nc2ccc(NC(=O)COc3ccc(C(F)(F)F)cc3)cc12. The normalized spacial score (nSPS) is 11.3. The summed E-state index contributed by atoms with van der Waals surface area (Å²) in [5.41, 5.74) is 2.36. The van der Waals surface area contributed by atoms with Gasteiger partial charge in [0.25, 0.3) is 11.6 Å². The summed E-state index contributed by atoms with van der Waals surface area (Å²) in [6.45, 7) is 1.48. The van der Waals surface area contributed by atoms with Crippen molar-refractivity contribution in [1.29, 1.82) is 0 Å². The third kappa shape index (κ3) is 5.55. The standard InChI is InChI=1S/C25H18F3N3O4/c1-15-11-23(16-3-2-4-19(12-16)31(33)34)30-22-10-7-18(13-21(15)22)29-24(32)14-35-20-8-5-17(6-9-20)25(26,27)28/h2-13H,14H2,1H3,(H,29,32). The Balaban J connectivity index is 1.46. The van der Waals surface area contributed by atoms with Crippen LogP contribution in [0.5, 0.6) is 5.75 Å². The number of anilines is 1. The minimum atomic E-state index is -4.45. The zero-order valence-corrected chi connectivity index (χ0v) is 18.3. The molecule has 7 nitrogen and oxygen atoms in total. The number of carbonyl (C=O) groups excluding carboxylic acids is 1. The van der Waals surface area contributed by atoms with E-state index in [-0.39, 0.29) is 18.0 Å². The Labute approximate surface area is 197 Å². The maximum absolute atomic E-state index is 12.6. The molecule has 1 aromatic heterocycles. The van der Waals surface area contributed by atoms with Crippen LogP contribution in [-0.2, 0) is 11.0 Å². The van der Waals surface area contributed by atoms with Gasteiger partial charge in [-0.2, -0.15) is 13.2 Å². The average molecular weight is 481 g/mol. The number of carbonyl (C=O) groups is 1. The molecule has 0 saturated carbocycles. The second-order valence-corrected chi connectivity index (χ2v) is 7.72. The molecule has 1 amide bonds. The number of ether oxygens (including phenoxy) is 1. The van der Waals surface area contributed by atoms with E-state index in [1.54, 1.807) is 36.4 Å². The summed E-state index contributed by atoms with van der Waals surface area (Å²) in [5, 5.41) is 14.5. The van der Waals surface area contributed by atoms with Gasteiger partial charge in [-0.05, 0) is 61.0 Å². The minimum Gasteiger partial charge on any atom is -0.484 e. The van der Waals surface area contributed by atoms with Crippen molar-refractivity contribution in [3.05, 3.63) is 94.0 Å². The van der Waals surface area contributed by atoms with Crippen LogP contribution in [0.1, 0.15) is 11.1 Å². The largest absolute Gasteiger partial charge is 0.484 e. The van der Waals surface area contributed by atoms with Crippen molar-refractivity contribution in [1.82, 2.24) is 4.98 Å². The van der Waals surface area contributed by atoms with Crippen LogP contribution in [0.3, 0.4) is 0 Å². The number of nitro groups is 1. The van der Waals surface area contributed by atoms with Crippen LogP contribution >= 0.6 is 0 Å². The van der Waals surface area contributed by atoms with Crippen LogP contribution in [0.25, 0.3) is 22.2 Å². The van der Waals surface area contributed by atoms with Gasteiger partial charge in [0, 0.05) is 28.8 Å². The molecule has 0 radical (unpaired) electrons. The van der Waals surface area contributed by atoms with Crippen molar-refractivity contribution < 1.29 is 27.6 Å². The molecule has 4 rings (SSSR count). The van der Waals surface area contributed by atoms with E-state index in [4.69, 9.17) is 4.74 Å². The van der Waals surface area contributed by atoms with E-state index in [2.05, 4.69) is 10.3 Å². The molecule has 3 aromatic carbocycles. The summed E-state index contributed by atoms with van der Waals surface area (Å²) in [7, 11) is 0. The van der Waals surface area contributed by atoms with Gasteiger partial charge in [0.05, 0.1) is 21.7 Å². The van der Waals surface area contributed by atoms with Crippen LogP contribution in [0.4, 0.5) is 24.5 Å². The Morgan fingerprint density at radius 3 is 2.49 bits per heavy atom. The highest BCUT2D eigenvalue weighted by Crippen LogP contribution is 2.31. The third-order valence-corrected chi connectivity index (χ3v) is 5.20. The van der Waals surface area contributed by atoms with Crippen LogP contribution in [-0.4, -0.2) is 22.4 Å². The first-order valence-electron chi connectivity index (χ1n) is 10.4. The van der Waals surface area contributed by atoms with Crippen LogP contribution in [0, 0.1) is 17.0 Å². The Hall–Kier alpha value is -4.47. The highest BCUT2D eigenvalue weighted by atomic mass is 19.4. The molecule has 35 heavy (non-hydrogen) atoms. The lowest BCUT2D eigenvalue weighted by Gasteiger charge is -2.11. The molecule has 1 N–H and O–H groups in total.